The zero-order chi connectivity index (χ0) is 21.9. The van der Waals surface area contributed by atoms with Gasteiger partial charge in [-0.3, -0.25) is 9.59 Å². The van der Waals surface area contributed by atoms with Gasteiger partial charge in [-0.15, -0.1) is 11.8 Å². The van der Waals surface area contributed by atoms with Crippen molar-refractivity contribution >= 4 is 29.7 Å². The molecule has 3 rings (SSSR count). The van der Waals surface area contributed by atoms with Crippen LogP contribution in [-0.2, 0) is 16.0 Å². The third kappa shape index (κ3) is 5.46. The third-order valence-corrected chi connectivity index (χ3v) is 6.96. The summed E-state index contributed by atoms with van der Waals surface area (Å²) in [6.45, 7) is 4.39. The maximum atomic E-state index is 13.2. The Morgan fingerprint density at radius 1 is 1.23 bits per heavy atom. The standard InChI is InChI=1S/C21H29N3O5S/c1-21(2)17(18(26)22-11-14-8-9-14)24(12-30-21)19(27)16(25)15(23-20(28)29)10-13-6-4-3-5-7-13/h3-7,14-17,23,25H,8-12H2,1-2H3,(H,22,26)(H,28,29)/t15-,16-,17?/m0/s1. The number of carboxylic acid groups (broad SMARTS) is 1. The molecule has 1 aromatic carbocycles. The second kappa shape index (κ2) is 9.26. The van der Waals surface area contributed by atoms with Crippen LogP contribution in [0.4, 0.5) is 4.79 Å². The quantitative estimate of drug-likeness (QED) is 0.491. The molecule has 2 aliphatic rings. The molecule has 1 aromatic rings. The van der Waals surface area contributed by atoms with Crippen LogP contribution < -0.4 is 10.6 Å². The van der Waals surface area contributed by atoms with Crippen LogP contribution in [0.15, 0.2) is 30.3 Å². The molecule has 1 saturated heterocycles. The minimum absolute atomic E-state index is 0.156. The van der Waals surface area contributed by atoms with E-state index in [0.717, 1.165) is 18.4 Å². The molecule has 4 N–H and O–H groups in total. The van der Waals surface area contributed by atoms with Gasteiger partial charge in [-0.1, -0.05) is 30.3 Å². The molecule has 0 spiro atoms. The summed E-state index contributed by atoms with van der Waals surface area (Å²) in [6, 6.07) is 7.29. The Balaban J connectivity index is 1.74. The Hall–Kier alpha value is -2.26. The van der Waals surface area contributed by atoms with E-state index >= 15 is 0 Å². The van der Waals surface area contributed by atoms with Crippen LogP contribution in [0.2, 0.25) is 0 Å². The number of hydrogen-bond donors (Lipinski definition) is 4. The normalized spacial score (nSPS) is 22.2. The van der Waals surface area contributed by atoms with Crippen molar-refractivity contribution in [2.45, 2.75) is 56.0 Å². The average Bonchev–Trinajstić information content (AvgIpc) is 3.47. The minimum Gasteiger partial charge on any atom is -0.465 e. The van der Waals surface area contributed by atoms with Crippen molar-refractivity contribution in [3.63, 3.8) is 0 Å². The van der Waals surface area contributed by atoms with E-state index in [1.165, 1.54) is 16.7 Å². The lowest BCUT2D eigenvalue weighted by Crippen LogP contribution is -2.58. The maximum absolute atomic E-state index is 13.2. The molecule has 1 heterocycles. The molecule has 3 amide bonds. The van der Waals surface area contributed by atoms with Crippen molar-refractivity contribution in [2.75, 3.05) is 12.4 Å². The molecule has 9 heteroatoms. The number of thioether (sulfide) groups is 1. The van der Waals surface area contributed by atoms with Crippen molar-refractivity contribution < 1.29 is 24.6 Å². The molecule has 2 fully saturated rings. The lowest BCUT2D eigenvalue weighted by Gasteiger charge is -2.33. The molecule has 164 valence electrons. The summed E-state index contributed by atoms with van der Waals surface area (Å²) >= 11 is 1.47. The van der Waals surface area contributed by atoms with E-state index in [-0.39, 0.29) is 18.2 Å². The van der Waals surface area contributed by atoms with Crippen LogP contribution in [0.3, 0.4) is 0 Å². The highest BCUT2D eigenvalue weighted by Gasteiger charge is 2.49. The zero-order valence-corrected chi connectivity index (χ0v) is 18.0. The molecule has 1 aliphatic heterocycles. The SMILES string of the molecule is CC1(C)SCN(C(=O)[C@@H](O)[C@H](Cc2ccccc2)NC(=O)O)C1C(=O)NCC1CC1. The Bertz CT molecular complexity index is 784. The minimum atomic E-state index is -1.60. The largest absolute Gasteiger partial charge is 0.465 e. The number of carbonyl (C=O) groups is 3. The molecule has 8 nitrogen and oxygen atoms in total. The number of rotatable bonds is 8. The molecular formula is C21H29N3O5S. The number of nitrogens with one attached hydrogen (secondary N) is 2. The number of benzene rings is 1. The summed E-state index contributed by atoms with van der Waals surface area (Å²) in [5.41, 5.74) is 0.790. The summed E-state index contributed by atoms with van der Waals surface area (Å²) in [4.78, 5) is 38.7. The summed E-state index contributed by atoms with van der Waals surface area (Å²) in [6.07, 6.45) is -0.561. The highest BCUT2D eigenvalue weighted by molar-refractivity contribution is 8.00. The van der Waals surface area contributed by atoms with Crippen LogP contribution in [0.1, 0.15) is 32.3 Å². The van der Waals surface area contributed by atoms with Gasteiger partial charge in [0.1, 0.15) is 6.04 Å². The van der Waals surface area contributed by atoms with E-state index < -0.39 is 34.9 Å². The smallest absolute Gasteiger partial charge is 0.404 e. The first-order valence-electron chi connectivity index (χ1n) is 10.1. The lowest BCUT2D eigenvalue weighted by molar-refractivity contribution is -0.147. The van der Waals surface area contributed by atoms with E-state index in [9.17, 15) is 24.6 Å². The Morgan fingerprint density at radius 3 is 2.50 bits per heavy atom. The van der Waals surface area contributed by atoms with E-state index in [1.807, 2.05) is 19.9 Å². The van der Waals surface area contributed by atoms with Crippen molar-refractivity contribution in [2.24, 2.45) is 5.92 Å². The fraction of sp³-hybridized carbons (Fsp3) is 0.571. The highest BCUT2D eigenvalue weighted by Crippen LogP contribution is 2.40. The first-order chi connectivity index (χ1) is 14.2. The monoisotopic (exact) mass is 435 g/mol. The Morgan fingerprint density at radius 2 is 1.90 bits per heavy atom. The van der Waals surface area contributed by atoms with Crippen LogP contribution in [0.5, 0.6) is 0 Å². The van der Waals surface area contributed by atoms with Gasteiger partial charge in [-0.05, 0) is 44.6 Å². The molecule has 1 saturated carbocycles. The predicted molar refractivity (Wildman–Crippen MR) is 114 cm³/mol. The number of hydrogen-bond acceptors (Lipinski definition) is 5. The summed E-state index contributed by atoms with van der Waals surface area (Å²) < 4.78 is -0.516. The number of amides is 3. The number of aliphatic hydroxyl groups excluding tert-OH is 1. The summed E-state index contributed by atoms with van der Waals surface area (Å²) in [5, 5.41) is 25.2. The van der Waals surface area contributed by atoms with E-state index in [1.54, 1.807) is 24.3 Å². The van der Waals surface area contributed by atoms with Crippen LogP contribution >= 0.6 is 11.8 Å². The van der Waals surface area contributed by atoms with Gasteiger partial charge >= 0.3 is 6.09 Å². The first-order valence-corrected chi connectivity index (χ1v) is 11.1. The number of carbonyl (C=O) groups excluding carboxylic acids is 2. The molecule has 1 unspecified atom stereocenters. The van der Waals surface area contributed by atoms with Crippen molar-refractivity contribution in [1.29, 1.82) is 0 Å². The van der Waals surface area contributed by atoms with Gasteiger partial charge in [0.05, 0.1) is 11.9 Å². The van der Waals surface area contributed by atoms with E-state index in [2.05, 4.69) is 10.6 Å². The fourth-order valence-electron chi connectivity index (χ4n) is 3.69. The van der Waals surface area contributed by atoms with Crippen LogP contribution in [0, 0.1) is 5.92 Å². The van der Waals surface area contributed by atoms with Crippen molar-refractivity contribution in [3.05, 3.63) is 35.9 Å². The molecule has 0 bridgehead atoms. The number of nitrogens with zero attached hydrogens (tertiary/aromatic N) is 1. The molecule has 0 radical (unpaired) electrons. The predicted octanol–water partition coefficient (Wildman–Crippen LogP) is 1.43. The Kier molecular flexibility index (Phi) is 6.92. The van der Waals surface area contributed by atoms with Gasteiger partial charge in [0, 0.05) is 11.3 Å². The maximum Gasteiger partial charge on any atom is 0.404 e. The highest BCUT2D eigenvalue weighted by atomic mass is 32.2. The lowest BCUT2D eigenvalue weighted by atomic mass is 9.97. The molecule has 1 aliphatic carbocycles. The van der Waals surface area contributed by atoms with Gasteiger partial charge < -0.3 is 25.7 Å². The second-order valence-corrected chi connectivity index (χ2v) is 10.1. The molecule has 0 aromatic heterocycles. The van der Waals surface area contributed by atoms with Gasteiger partial charge in [-0.2, -0.15) is 0 Å². The molecule has 30 heavy (non-hydrogen) atoms. The zero-order valence-electron chi connectivity index (χ0n) is 17.2. The fourth-order valence-corrected chi connectivity index (χ4v) is 4.83. The van der Waals surface area contributed by atoms with E-state index in [4.69, 9.17) is 0 Å². The summed E-state index contributed by atoms with van der Waals surface area (Å²) in [7, 11) is 0. The van der Waals surface area contributed by atoms with E-state index in [0.29, 0.717) is 12.5 Å². The van der Waals surface area contributed by atoms with Gasteiger partial charge in [-0.25, -0.2) is 4.79 Å². The van der Waals surface area contributed by atoms with Crippen molar-refractivity contribution in [1.82, 2.24) is 15.5 Å². The Labute approximate surface area is 180 Å². The average molecular weight is 436 g/mol. The third-order valence-electron chi connectivity index (χ3n) is 5.58. The van der Waals surface area contributed by atoms with Crippen LogP contribution in [0.25, 0.3) is 0 Å². The molecular weight excluding hydrogens is 406 g/mol. The number of aliphatic hydroxyl groups is 1. The van der Waals surface area contributed by atoms with Gasteiger partial charge in [0.15, 0.2) is 6.10 Å². The second-order valence-electron chi connectivity index (χ2n) is 8.47. The summed E-state index contributed by atoms with van der Waals surface area (Å²) in [5.74, 6) is -0.108. The first kappa shape index (κ1) is 22.4. The van der Waals surface area contributed by atoms with Crippen molar-refractivity contribution in [3.8, 4) is 0 Å². The van der Waals surface area contributed by atoms with Crippen LogP contribution in [-0.4, -0.2) is 68.4 Å². The molecule has 3 atom stereocenters. The van der Waals surface area contributed by atoms with Gasteiger partial charge in [0.25, 0.3) is 5.91 Å². The van der Waals surface area contributed by atoms with Gasteiger partial charge in [0.2, 0.25) is 5.91 Å². The topological polar surface area (TPSA) is 119 Å².